The van der Waals surface area contributed by atoms with Crippen molar-refractivity contribution in [2.75, 3.05) is 17.2 Å². The van der Waals surface area contributed by atoms with Crippen molar-refractivity contribution in [3.05, 3.63) is 17.7 Å². The normalized spacial score (nSPS) is 19.7. The molecule has 1 atom stereocenters. The number of carbonyl (C=O) groups is 1. The lowest BCUT2D eigenvalue weighted by Gasteiger charge is -2.24. The first kappa shape index (κ1) is 13.4. The molecule has 104 valence electrons. The Labute approximate surface area is 107 Å². The second kappa shape index (κ2) is 4.60. The van der Waals surface area contributed by atoms with Crippen LogP contribution in [0.3, 0.4) is 0 Å². The molecule has 1 saturated heterocycles. The Morgan fingerprint density at radius 3 is 2.68 bits per heavy atom. The zero-order valence-corrected chi connectivity index (χ0v) is 9.94. The van der Waals surface area contributed by atoms with E-state index in [0.717, 1.165) is 12.1 Å². The molecule has 0 radical (unpaired) electrons. The number of rotatable bonds is 2. The topological polar surface area (TPSA) is 85.2 Å². The summed E-state index contributed by atoms with van der Waals surface area (Å²) in [5.41, 5.74) is 9.73. The number of primary amides is 1. The van der Waals surface area contributed by atoms with Gasteiger partial charge in [0, 0.05) is 6.54 Å². The quantitative estimate of drug-likeness (QED) is 0.846. The average molecular weight is 274 g/mol. The van der Waals surface area contributed by atoms with Gasteiger partial charge in [0.05, 0.1) is 5.56 Å². The molecule has 1 aromatic rings. The molecule has 0 aromatic carbocycles. The van der Waals surface area contributed by atoms with Crippen molar-refractivity contribution in [3.63, 3.8) is 0 Å². The molecule has 1 unspecified atom stereocenters. The summed E-state index contributed by atoms with van der Waals surface area (Å²) in [7, 11) is 0. The van der Waals surface area contributed by atoms with Crippen molar-refractivity contribution >= 4 is 17.5 Å². The Kier molecular flexibility index (Phi) is 3.25. The first-order valence-corrected chi connectivity index (χ1v) is 5.70. The fourth-order valence-corrected chi connectivity index (χ4v) is 2.18. The minimum atomic E-state index is -4.51. The molecular formula is C11H13F3N4O. The van der Waals surface area contributed by atoms with Crippen molar-refractivity contribution in [1.82, 2.24) is 4.98 Å². The Bertz CT molecular complexity index is 503. The second-order valence-electron chi connectivity index (χ2n) is 4.39. The second-order valence-corrected chi connectivity index (χ2v) is 4.39. The van der Waals surface area contributed by atoms with Gasteiger partial charge in [0.25, 0.3) is 0 Å². The number of carbonyl (C=O) groups excluding carboxylic acids is 1. The zero-order valence-electron chi connectivity index (χ0n) is 9.94. The minimum Gasteiger partial charge on any atom is -0.384 e. The lowest BCUT2D eigenvalue weighted by atomic mass is 10.2. The number of alkyl halides is 3. The molecular weight excluding hydrogens is 261 g/mol. The minimum absolute atomic E-state index is 0.0358. The smallest absolute Gasteiger partial charge is 0.384 e. The third-order valence-corrected chi connectivity index (χ3v) is 3.03. The highest BCUT2D eigenvalue weighted by Crippen LogP contribution is 2.34. The molecule has 4 N–H and O–H groups in total. The predicted octanol–water partition coefficient (Wildman–Crippen LogP) is 1.14. The number of hydrogen-bond acceptors (Lipinski definition) is 4. The highest BCUT2D eigenvalue weighted by atomic mass is 19.4. The zero-order chi connectivity index (χ0) is 14.2. The first-order chi connectivity index (χ1) is 8.79. The Morgan fingerprint density at radius 1 is 1.42 bits per heavy atom. The SMILES string of the molecule is NC(=O)C1CCCN1c1cc(C(F)(F)F)cc(N)n1. The summed E-state index contributed by atoms with van der Waals surface area (Å²) in [6, 6.07) is 1.02. The maximum absolute atomic E-state index is 12.7. The average Bonchev–Trinajstić information content (AvgIpc) is 2.75. The summed E-state index contributed by atoms with van der Waals surface area (Å²) >= 11 is 0. The molecule has 0 aliphatic carbocycles. The van der Waals surface area contributed by atoms with Crippen LogP contribution in [0.1, 0.15) is 18.4 Å². The number of aromatic nitrogens is 1. The van der Waals surface area contributed by atoms with E-state index in [-0.39, 0.29) is 11.6 Å². The monoisotopic (exact) mass is 274 g/mol. The van der Waals surface area contributed by atoms with Crippen LogP contribution in [0.25, 0.3) is 0 Å². The van der Waals surface area contributed by atoms with E-state index in [0.29, 0.717) is 19.4 Å². The number of nitrogen functional groups attached to an aromatic ring is 1. The third kappa shape index (κ3) is 2.72. The summed E-state index contributed by atoms with van der Waals surface area (Å²) in [4.78, 5) is 16.6. The van der Waals surface area contributed by atoms with Crippen LogP contribution in [-0.4, -0.2) is 23.5 Å². The van der Waals surface area contributed by atoms with Crippen molar-refractivity contribution < 1.29 is 18.0 Å². The molecule has 8 heteroatoms. The molecule has 0 spiro atoms. The molecule has 1 aliphatic heterocycles. The number of anilines is 2. The van der Waals surface area contributed by atoms with E-state index < -0.39 is 23.7 Å². The number of halogens is 3. The van der Waals surface area contributed by atoms with Crippen molar-refractivity contribution in [2.45, 2.75) is 25.1 Å². The van der Waals surface area contributed by atoms with Crippen LogP contribution in [0.15, 0.2) is 12.1 Å². The fourth-order valence-electron chi connectivity index (χ4n) is 2.18. The van der Waals surface area contributed by atoms with Gasteiger partial charge in [-0.05, 0) is 25.0 Å². The summed E-state index contributed by atoms with van der Waals surface area (Å²) in [5.74, 6) is -0.774. The molecule has 19 heavy (non-hydrogen) atoms. The summed E-state index contributed by atoms with van der Waals surface area (Å²) in [5, 5.41) is 0. The standard InChI is InChI=1S/C11H13F3N4O/c12-11(13,14)6-4-8(15)17-9(5-6)18-3-1-2-7(18)10(16)19/h4-5,7H,1-3H2,(H2,15,17)(H2,16,19). The first-order valence-electron chi connectivity index (χ1n) is 5.70. The van der Waals surface area contributed by atoms with Gasteiger partial charge in [-0.15, -0.1) is 0 Å². The molecule has 5 nitrogen and oxygen atoms in total. The summed E-state index contributed by atoms with van der Waals surface area (Å²) in [6.45, 7) is 0.432. The summed E-state index contributed by atoms with van der Waals surface area (Å²) < 4.78 is 38.1. The van der Waals surface area contributed by atoms with Gasteiger partial charge in [-0.1, -0.05) is 0 Å². The maximum atomic E-state index is 12.7. The van der Waals surface area contributed by atoms with Crippen LogP contribution in [0.4, 0.5) is 24.8 Å². The van der Waals surface area contributed by atoms with Gasteiger partial charge in [-0.3, -0.25) is 4.79 Å². The van der Waals surface area contributed by atoms with Crippen LogP contribution < -0.4 is 16.4 Å². The van der Waals surface area contributed by atoms with Crippen LogP contribution in [0.5, 0.6) is 0 Å². The van der Waals surface area contributed by atoms with E-state index in [1.54, 1.807) is 0 Å². The van der Waals surface area contributed by atoms with Crippen molar-refractivity contribution in [1.29, 1.82) is 0 Å². The molecule has 0 bridgehead atoms. The molecule has 2 rings (SSSR count). The lowest BCUT2D eigenvalue weighted by molar-refractivity contribution is -0.137. The van der Waals surface area contributed by atoms with Gasteiger partial charge in [0.2, 0.25) is 5.91 Å². The number of pyridine rings is 1. The van der Waals surface area contributed by atoms with Gasteiger partial charge in [-0.2, -0.15) is 13.2 Å². The predicted molar refractivity (Wildman–Crippen MR) is 63.2 cm³/mol. The number of amides is 1. The van der Waals surface area contributed by atoms with Crippen LogP contribution in [-0.2, 0) is 11.0 Å². The van der Waals surface area contributed by atoms with E-state index in [4.69, 9.17) is 11.5 Å². The van der Waals surface area contributed by atoms with E-state index in [2.05, 4.69) is 4.98 Å². The van der Waals surface area contributed by atoms with E-state index in [1.807, 2.05) is 0 Å². The van der Waals surface area contributed by atoms with Crippen LogP contribution in [0.2, 0.25) is 0 Å². The number of nitrogens with zero attached hydrogens (tertiary/aromatic N) is 2. The van der Waals surface area contributed by atoms with Gasteiger partial charge in [0.1, 0.15) is 17.7 Å². The number of nitrogens with two attached hydrogens (primary N) is 2. The van der Waals surface area contributed by atoms with Gasteiger partial charge in [0.15, 0.2) is 0 Å². The Balaban J connectivity index is 2.40. The van der Waals surface area contributed by atoms with Gasteiger partial charge >= 0.3 is 6.18 Å². The van der Waals surface area contributed by atoms with E-state index in [9.17, 15) is 18.0 Å². The van der Waals surface area contributed by atoms with E-state index in [1.165, 1.54) is 4.90 Å². The molecule has 2 heterocycles. The fraction of sp³-hybridized carbons (Fsp3) is 0.455. The van der Waals surface area contributed by atoms with Crippen molar-refractivity contribution in [2.24, 2.45) is 5.73 Å². The Morgan fingerprint density at radius 2 is 2.11 bits per heavy atom. The highest BCUT2D eigenvalue weighted by molar-refractivity contribution is 5.84. The van der Waals surface area contributed by atoms with Gasteiger partial charge in [-0.25, -0.2) is 4.98 Å². The third-order valence-electron chi connectivity index (χ3n) is 3.03. The molecule has 1 aliphatic rings. The highest BCUT2D eigenvalue weighted by Gasteiger charge is 2.34. The van der Waals surface area contributed by atoms with Crippen molar-refractivity contribution in [3.8, 4) is 0 Å². The van der Waals surface area contributed by atoms with Crippen LogP contribution >= 0.6 is 0 Å². The molecule has 1 fully saturated rings. The summed E-state index contributed by atoms with van der Waals surface area (Å²) in [6.07, 6.45) is -3.33. The Hall–Kier alpha value is -1.99. The molecule has 0 saturated carbocycles. The largest absolute Gasteiger partial charge is 0.416 e. The number of hydrogen-bond donors (Lipinski definition) is 2. The molecule has 1 amide bonds. The van der Waals surface area contributed by atoms with Crippen LogP contribution in [0, 0.1) is 0 Å². The molecule has 1 aromatic heterocycles. The van der Waals surface area contributed by atoms with E-state index >= 15 is 0 Å². The maximum Gasteiger partial charge on any atom is 0.416 e. The lowest BCUT2D eigenvalue weighted by Crippen LogP contribution is -2.40. The van der Waals surface area contributed by atoms with Gasteiger partial charge < -0.3 is 16.4 Å².